The highest BCUT2D eigenvalue weighted by Crippen LogP contribution is 2.22. The lowest BCUT2D eigenvalue weighted by atomic mass is 10.2. The number of hydrogen-bond acceptors (Lipinski definition) is 3. The maximum Gasteiger partial charge on any atom is 0.317 e. The fraction of sp³-hybridized carbons (Fsp3) is 0.733. The zero-order chi connectivity index (χ0) is 15.2. The second-order valence-electron chi connectivity index (χ2n) is 5.64. The number of amides is 2. The van der Waals surface area contributed by atoms with E-state index >= 15 is 0 Å². The topological polar surface area (TPSA) is 50.2 Å². The summed E-state index contributed by atoms with van der Waals surface area (Å²) in [6.45, 7) is 5.92. The van der Waals surface area contributed by atoms with Crippen LogP contribution < -0.4 is 5.32 Å². The summed E-state index contributed by atoms with van der Waals surface area (Å²) >= 11 is 1.97. The van der Waals surface area contributed by atoms with E-state index in [1.807, 2.05) is 43.0 Å². The van der Waals surface area contributed by atoms with Gasteiger partial charge in [0.25, 0.3) is 0 Å². The Bertz CT molecular complexity index is 462. The number of likely N-dealkylation sites (tertiary alicyclic amines) is 1. The quantitative estimate of drug-likeness (QED) is 0.930. The van der Waals surface area contributed by atoms with E-state index in [4.69, 9.17) is 0 Å². The number of hydrogen-bond donors (Lipinski definition) is 1. The highest BCUT2D eigenvalue weighted by atomic mass is 32.2. The van der Waals surface area contributed by atoms with Gasteiger partial charge in [-0.15, -0.1) is 0 Å². The van der Waals surface area contributed by atoms with Crippen LogP contribution in [0.3, 0.4) is 0 Å². The van der Waals surface area contributed by atoms with E-state index in [-0.39, 0.29) is 12.1 Å². The Kier molecular flexibility index (Phi) is 5.96. The number of aromatic nitrogens is 2. The van der Waals surface area contributed by atoms with Crippen LogP contribution in [0.5, 0.6) is 0 Å². The summed E-state index contributed by atoms with van der Waals surface area (Å²) in [5, 5.41) is 7.83. The fourth-order valence-electron chi connectivity index (χ4n) is 2.68. The van der Waals surface area contributed by atoms with E-state index in [1.54, 1.807) is 4.68 Å². The van der Waals surface area contributed by atoms with Crippen molar-refractivity contribution in [1.82, 2.24) is 20.0 Å². The molecule has 0 aromatic carbocycles. The molecule has 1 aromatic rings. The third-order valence-electron chi connectivity index (χ3n) is 3.88. The normalized spacial score (nSPS) is 20.9. The van der Waals surface area contributed by atoms with Crippen molar-refractivity contribution in [2.45, 2.75) is 44.4 Å². The van der Waals surface area contributed by atoms with Crippen LogP contribution in [0.15, 0.2) is 12.4 Å². The molecule has 1 N–H and O–H groups in total. The Hall–Kier alpha value is -1.17. The number of carbonyl (C=O) groups excluding carboxylic acids is 1. The van der Waals surface area contributed by atoms with Crippen molar-refractivity contribution in [3.8, 4) is 0 Å². The molecule has 2 unspecified atom stereocenters. The summed E-state index contributed by atoms with van der Waals surface area (Å²) in [7, 11) is 1.89. The molecule has 0 radical (unpaired) electrons. The smallest absolute Gasteiger partial charge is 0.317 e. The second kappa shape index (κ2) is 7.73. The molecule has 21 heavy (non-hydrogen) atoms. The molecule has 2 rings (SSSR count). The lowest BCUT2D eigenvalue weighted by molar-refractivity contribution is 0.197. The number of carbonyl (C=O) groups is 1. The number of nitrogens with zero attached hydrogens (tertiary/aromatic N) is 3. The van der Waals surface area contributed by atoms with Crippen LogP contribution in [-0.2, 0) is 7.05 Å². The third kappa shape index (κ3) is 4.66. The molecule has 1 saturated heterocycles. The van der Waals surface area contributed by atoms with Crippen LogP contribution in [0.4, 0.5) is 4.79 Å². The maximum absolute atomic E-state index is 12.5. The number of urea groups is 1. The minimum absolute atomic E-state index is 0.00766. The van der Waals surface area contributed by atoms with Crippen molar-refractivity contribution in [3.63, 3.8) is 0 Å². The largest absolute Gasteiger partial charge is 0.331 e. The Morgan fingerprint density at radius 2 is 2.38 bits per heavy atom. The molecule has 2 heterocycles. The molecule has 2 atom stereocenters. The first-order valence-electron chi connectivity index (χ1n) is 7.75. The number of nitrogens with one attached hydrogen (secondary N) is 1. The van der Waals surface area contributed by atoms with Gasteiger partial charge in [0.2, 0.25) is 0 Å². The van der Waals surface area contributed by atoms with Crippen molar-refractivity contribution in [1.29, 1.82) is 0 Å². The highest BCUT2D eigenvalue weighted by molar-refractivity contribution is 7.99. The van der Waals surface area contributed by atoms with Crippen molar-refractivity contribution in [3.05, 3.63) is 18.0 Å². The Balaban J connectivity index is 1.91. The SMILES string of the molecule is CCSC1CCCCN(C(=O)NC(C)c2cnn(C)c2)C1. The first-order valence-corrected chi connectivity index (χ1v) is 8.80. The van der Waals surface area contributed by atoms with E-state index < -0.39 is 0 Å². The van der Waals surface area contributed by atoms with E-state index in [0.29, 0.717) is 5.25 Å². The van der Waals surface area contributed by atoms with E-state index in [1.165, 1.54) is 12.8 Å². The monoisotopic (exact) mass is 310 g/mol. The average molecular weight is 310 g/mol. The summed E-state index contributed by atoms with van der Waals surface area (Å²) < 4.78 is 1.76. The molecule has 0 spiro atoms. The average Bonchev–Trinajstić information content (AvgIpc) is 2.74. The molecule has 0 saturated carbocycles. The van der Waals surface area contributed by atoms with Crippen LogP contribution in [-0.4, -0.2) is 44.8 Å². The zero-order valence-corrected chi connectivity index (χ0v) is 14.0. The molecule has 1 fully saturated rings. The van der Waals surface area contributed by atoms with Gasteiger partial charge in [0.1, 0.15) is 0 Å². The predicted octanol–water partition coefficient (Wildman–Crippen LogP) is 2.80. The van der Waals surface area contributed by atoms with Crippen molar-refractivity contribution >= 4 is 17.8 Å². The molecule has 1 aliphatic rings. The van der Waals surface area contributed by atoms with Crippen molar-refractivity contribution < 1.29 is 4.79 Å². The lowest BCUT2D eigenvalue weighted by Crippen LogP contribution is -2.43. The highest BCUT2D eigenvalue weighted by Gasteiger charge is 2.23. The molecular formula is C15H26N4OS. The molecule has 118 valence electrons. The second-order valence-corrected chi connectivity index (χ2v) is 7.22. The zero-order valence-electron chi connectivity index (χ0n) is 13.2. The maximum atomic E-state index is 12.5. The van der Waals surface area contributed by atoms with Gasteiger partial charge in [0.15, 0.2) is 0 Å². The minimum atomic E-state index is -0.00766. The molecule has 5 nitrogen and oxygen atoms in total. The van der Waals surface area contributed by atoms with E-state index in [2.05, 4.69) is 17.3 Å². The van der Waals surface area contributed by atoms with Gasteiger partial charge in [-0.3, -0.25) is 4.68 Å². The minimum Gasteiger partial charge on any atom is -0.331 e. The summed E-state index contributed by atoms with van der Waals surface area (Å²) in [4.78, 5) is 14.4. The van der Waals surface area contributed by atoms with Gasteiger partial charge in [-0.1, -0.05) is 13.3 Å². The van der Waals surface area contributed by atoms with Crippen molar-refractivity contribution in [2.24, 2.45) is 7.05 Å². The van der Waals surface area contributed by atoms with Crippen molar-refractivity contribution in [2.75, 3.05) is 18.8 Å². The number of aryl methyl sites for hydroxylation is 1. The molecule has 1 aliphatic heterocycles. The standard InChI is InChI=1S/C15H26N4OS/c1-4-21-14-7-5-6-8-19(11-14)15(20)17-12(2)13-9-16-18(3)10-13/h9-10,12,14H,4-8,11H2,1-3H3,(H,17,20). The van der Waals surface area contributed by atoms with Crippen LogP contribution >= 0.6 is 11.8 Å². The molecule has 2 amide bonds. The molecule has 1 aromatic heterocycles. The van der Waals surface area contributed by atoms with Crippen LogP contribution in [0.25, 0.3) is 0 Å². The number of rotatable bonds is 4. The summed E-state index contributed by atoms with van der Waals surface area (Å²) in [5.74, 6) is 1.12. The first kappa shape index (κ1) is 16.2. The van der Waals surface area contributed by atoms with Gasteiger partial charge in [-0.05, 0) is 25.5 Å². The van der Waals surface area contributed by atoms with Gasteiger partial charge in [0.05, 0.1) is 12.2 Å². The van der Waals surface area contributed by atoms with E-state index in [0.717, 1.165) is 30.8 Å². The van der Waals surface area contributed by atoms with Gasteiger partial charge in [-0.2, -0.15) is 16.9 Å². The predicted molar refractivity (Wildman–Crippen MR) is 87.5 cm³/mol. The third-order valence-corrected chi connectivity index (χ3v) is 5.07. The lowest BCUT2D eigenvalue weighted by Gasteiger charge is -2.26. The Morgan fingerprint density at radius 1 is 1.57 bits per heavy atom. The Morgan fingerprint density at radius 3 is 3.05 bits per heavy atom. The van der Waals surface area contributed by atoms with Gasteiger partial charge in [-0.25, -0.2) is 4.79 Å². The number of thioether (sulfide) groups is 1. The van der Waals surface area contributed by atoms with Crippen LogP contribution in [0.2, 0.25) is 0 Å². The van der Waals surface area contributed by atoms with Crippen LogP contribution in [0.1, 0.15) is 44.7 Å². The molecule has 0 bridgehead atoms. The molecular weight excluding hydrogens is 284 g/mol. The summed E-state index contributed by atoms with van der Waals surface area (Å²) in [6, 6.07) is 0.0432. The fourth-order valence-corrected chi connectivity index (χ4v) is 3.77. The first-order chi connectivity index (χ1) is 10.1. The Labute approximate surface area is 131 Å². The summed E-state index contributed by atoms with van der Waals surface area (Å²) in [6.07, 6.45) is 7.31. The van der Waals surface area contributed by atoms with E-state index in [9.17, 15) is 4.79 Å². The summed E-state index contributed by atoms with van der Waals surface area (Å²) in [5.41, 5.74) is 1.04. The van der Waals surface area contributed by atoms with Gasteiger partial charge in [0, 0.05) is 37.1 Å². The molecule has 6 heteroatoms. The molecule has 0 aliphatic carbocycles. The van der Waals surface area contributed by atoms with Gasteiger partial charge < -0.3 is 10.2 Å². The van der Waals surface area contributed by atoms with Crippen LogP contribution in [0, 0.1) is 0 Å². The van der Waals surface area contributed by atoms with Gasteiger partial charge >= 0.3 is 6.03 Å².